The van der Waals surface area contributed by atoms with Gasteiger partial charge in [-0.3, -0.25) is 0 Å². The molecule has 2 aromatic carbocycles. The number of piperidine rings is 1. The number of allylic oxidation sites excluding steroid dienone is 1. The van der Waals surface area contributed by atoms with Crippen LogP contribution in [0.1, 0.15) is 29.6 Å². The van der Waals surface area contributed by atoms with Gasteiger partial charge >= 0.3 is 5.97 Å². The van der Waals surface area contributed by atoms with Crippen molar-refractivity contribution in [2.75, 3.05) is 26.7 Å². The van der Waals surface area contributed by atoms with E-state index in [1.54, 1.807) is 41.0 Å². The zero-order valence-electron chi connectivity index (χ0n) is 19.3. The fraction of sp³-hybridized carbons (Fsp3) is 0.333. The van der Waals surface area contributed by atoms with Gasteiger partial charge in [0.2, 0.25) is 10.0 Å². The average Bonchev–Trinajstić information content (AvgIpc) is 3.26. The van der Waals surface area contributed by atoms with Crippen molar-refractivity contribution in [3.05, 3.63) is 60.2 Å². The summed E-state index contributed by atoms with van der Waals surface area (Å²) in [5.41, 5.74) is 7.81. The van der Waals surface area contributed by atoms with Gasteiger partial charge in [0.1, 0.15) is 5.83 Å². The van der Waals surface area contributed by atoms with Gasteiger partial charge in [-0.2, -0.15) is 4.31 Å². The molecule has 0 amide bonds. The third-order valence-corrected chi connectivity index (χ3v) is 7.80. The molecule has 0 spiro atoms. The fourth-order valence-corrected chi connectivity index (χ4v) is 5.74. The number of methoxy groups -OCH3 is 1. The Morgan fingerprint density at radius 3 is 2.63 bits per heavy atom. The number of esters is 1. The Balaban J connectivity index is 0.00000342. The Morgan fingerprint density at radius 1 is 1.20 bits per heavy atom. The predicted molar refractivity (Wildman–Crippen MR) is 135 cm³/mol. The second-order valence-corrected chi connectivity index (χ2v) is 10.1. The zero-order chi connectivity index (χ0) is 24.3. The lowest BCUT2D eigenvalue weighted by Crippen LogP contribution is -2.35. The first-order valence-electron chi connectivity index (χ1n) is 11.1. The Labute approximate surface area is 210 Å². The highest BCUT2D eigenvalue weighted by atomic mass is 35.5. The lowest BCUT2D eigenvalue weighted by molar-refractivity contribution is 0.0601. The summed E-state index contributed by atoms with van der Waals surface area (Å²) in [7, 11) is -2.37. The van der Waals surface area contributed by atoms with Gasteiger partial charge in [-0.15, -0.1) is 12.4 Å². The van der Waals surface area contributed by atoms with Crippen LogP contribution in [0.5, 0.6) is 0 Å². The number of sulfonamides is 1. The van der Waals surface area contributed by atoms with Crippen LogP contribution in [0.4, 0.5) is 4.39 Å². The smallest absolute Gasteiger partial charge is 0.337 e. The topological polar surface area (TPSA) is 108 Å². The van der Waals surface area contributed by atoms with Crippen molar-refractivity contribution in [1.82, 2.24) is 13.9 Å². The zero-order valence-corrected chi connectivity index (χ0v) is 20.9. The molecule has 0 unspecified atom stereocenters. The van der Waals surface area contributed by atoms with Crippen LogP contribution in [0.25, 0.3) is 22.2 Å². The van der Waals surface area contributed by atoms with Crippen molar-refractivity contribution < 1.29 is 22.3 Å². The summed E-state index contributed by atoms with van der Waals surface area (Å²) in [4.78, 5) is 17.0. The Morgan fingerprint density at radius 2 is 1.94 bits per heavy atom. The molecule has 188 valence electrons. The normalized spacial score (nSPS) is 15.1. The minimum atomic E-state index is -3.65. The van der Waals surface area contributed by atoms with Crippen molar-refractivity contribution in [2.24, 2.45) is 5.73 Å². The van der Waals surface area contributed by atoms with E-state index in [2.05, 4.69) is 4.98 Å². The standard InChI is InChI=1S/C24H27FN4O4S.ClH/c1-33-24(30)18-13-21(23-22(14-18)28(16-27-23)15-19(25)8-9-26)17-6-5-7-20(12-17)34(31,32)29-10-3-2-4-11-29;/h5-8,12-14,16H,2-4,9-11,15,26H2,1H3;1H/b19-8-;. The van der Waals surface area contributed by atoms with E-state index in [1.165, 1.54) is 23.8 Å². The number of carbonyl (C=O) groups excluding carboxylic acids is 1. The van der Waals surface area contributed by atoms with E-state index >= 15 is 0 Å². The first-order chi connectivity index (χ1) is 16.3. The predicted octanol–water partition coefficient (Wildman–Crippen LogP) is 3.90. The molecule has 0 saturated carbocycles. The number of carbonyl (C=O) groups is 1. The molecule has 1 fully saturated rings. The molecule has 1 aliphatic heterocycles. The number of halogens is 2. The quantitative estimate of drug-likeness (QED) is 0.471. The summed E-state index contributed by atoms with van der Waals surface area (Å²) in [6.45, 7) is 0.971. The van der Waals surface area contributed by atoms with Gasteiger partial charge in [0, 0.05) is 25.2 Å². The minimum Gasteiger partial charge on any atom is -0.465 e. The number of ether oxygens (including phenoxy) is 1. The summed E-state index contributed by atoms with van der Waals surface area (Å²) in [6, 6.07) is 9.79. The number of hydrogen-bond donors (Lipinski definition) is 1. The first kappa shape index (κ1) is 26.8. The summed E-state index contributed by atoms with van der Waals surface area (Å²) >= 11 is 0. The molecule has 1 aromatic heterocycles. The molecule has 8 nitrogen and oxygen atoms in total. The van der Waals surface area contributed by atoms with Crippen LogP contribution >= 0.6 is 12.4 Å². The van der Waals surface area contributed by atoms with Gasteiger partial charge < -0.3 is 15.0 Å². The van der Waals surface area contributed by atoms with Crippen molar-refractivity contribution in [3.63, 3.8) is 0 Å². The van der Waals surface area contributed by atoms with Crippen LogP contribution in [0.2, 0.25) is 0 Å². The average molecular weight is 523 g/mol. The third-order valence-electron chi connectivity index (χ3n) is 5.91. The van der Waals surface area contributed by atoms with Crippen LogP contribution in [-0.2, 0) is 21.3 Å². The maximum atomic E-state index is 14.2. The van der Waals surface area contributed by atoms with Crippen LogP contribution < -0.4 is 5.73 Å². The lowest BCUT2D eigenvalue weighted by Gasteiger charge is -2.26. The molecular weight excluding hydrogens is 495 g/mol. The summed E-state index contributed by atoms with van der Waals surface area (Å²) in [5, 5.41) is 0. The van der Waals surface area contributed by atoms with Gasteiger partial charge in [-0.05, 0) is 48.7 Å². The molecule has 0 aliphatic carbocycles. The highest BCUT2D eigenvalue weighted by molar-refractivity contribution is 7.89. The maximum absolute atomic E-state index is 14.2. The van der Waals surface area contributed by atoms with Crippen molar-refractivity contribution in [2.45, 2.75) is 30.7 Å². The van der Waals surface area contributed by atoms with E-state index in [1.807, 2.05) is 0 Å². The van der Waals surface area contributed by atoms with E-state index in [9.17, 15) is 17.6 Å². The van der Waals surface area contributed by atoms with Crippen LogP contribution in [-0.4, -0.2) is 55.0 Å². The van der Waals surface area contributed by atoms with E-state index in [0.29, 0.717) is 35.2 Å². The molecule has 11 heteroatoms. The van der Waals surface area contributed by atoms with Crippen LogP contribution in [0, 0.1) is 0 Å². The number of fused-ring (bicyclic) bond motifs is 1. The van der Waals surface area contributed by atoms with Crippen LogP contribution in [0.3, 0.4) is 0 Å². The molecule has 35 heavy (non-hydrogen) atoms. The monoisotopic (exact) mass is 522 g/mol. The molecule has 2 heterocycles. The maximum Gasteiger partial charge on any atom is 0.337 e. The third kappa shape index (κ3) is 5.56. The second kappa shape index (κ2) is 11.3. The summed E-state index contributed by atoms with van der Waals surface area (Å²) in [5.74, 6) is -0.993. The Kier molecular flexibility index (Phi) is 8.65. The SMILES string of the molecule is COC(=O)c1cc(-c2cccc(S(=O)(=O)N3CCCCC3)c2)c2ncn(C/C(F)=C/CN)c2c1.Cl. The Bertz CT molecular complexity index is 1350. The number of benzene rings is 2. The molecule has 3 aromatic rings. The van der Waals surface area contributed by atoms with E-state index < -0.39 is 21.8 Å². The number of imidazole rings is 1. The van der Waals surface area contributed by atoms with Crippen LogP contribution in [0.15, 0.2) is 59.5 Å². The van der Waals surface area contributed by atoms with E-state index in [0.717, 1.165) is 19.3 Å². The summed E-state index contributed by atoms with van der Waals surface area (Å²) in [6.07, 6.45) is 5.45. The molecule has 1 saturated heterocycles. The largest absolute Gasteiger partial charge is 0.465 e. The summed E-state index contributed by atoms with van der Waals surface area (Å²) < 4.78 is 48.6. The van der Waals surface area contributed by atoms with Gasteiger partial charge in [-0.25, -0.2) is 22.6 Å². The lowest BCUT2D eigenvalue weighted by atomic mass is 10.0. The molecule has 0 radical (unpaired) electrons. The molecule has 4 rings (SSSR count). The van der Waals surface area contributed by atoms with Crippen molar-refractivity contribution in [1.29, 1.82) is 0 Å². The van der Waals surface area contributed by atoms with Crippen molar-refractivity contribution in [3.8, 4) is 11.1 Å². The number of hydrogen-bond acceptors (Lipinski definition) is 6. The highest BCUT2D eigenvalue weighted by Crippen LogP contribution is 2.32. The number of nitrogens with two attached hydrogens (primary N) is 1. The molecule has 1 aliphatic rings. The minimum absolute atomic E-state index is 0. The van der Waals surface area contributed by atoms with E-state index in [4.69, 9.17) is 10.5 Å². The molecule has 2 N–H and O–H groups in total. The number of aromatic nitrogens is 2. The van der Waals surface area contributed by atoms with Gasteiger partial charge in [0.05, 0.1) is 41.5 Å². The number of nitrogens with zero attached hydrogens (tertiary/aromatic N) is 3. The highest BCUT2D eigenvalue weighted by Gasteiger charge is 2.26. The van der Waals surface area contributed by atoms with Gasteiger partial charge in [0.25, 0.3) is 0 Å². The fourth-order valence-electron chi connectivity index (χ4n) is 4.18. The first-order valence-corrected chi connectivity index (χ1v) is 12.5. The van der Waals surface area contributed by atoms with Gasteiger partial charge in [-0.1, -0.05) is 18.6 Å². The number of rotatable bonds is 7. The molecule has 0 atom stereocenters. The molecular formula is C24H28ClFN4O4S. The molecule has 0 bridgehead atoms. The van der Waals surface area contributed by atoms with E-state index in [-0.39, 0.29) is 36.0 Å². The van der Waals surface area contributed by atoms with Crippen molar-refractivity contribution >= 4 is 39.4 Å². The van der Waals surface area contributed by atoms with Gasteiger partial charge in [0.15, 0.2) is 0 Å². The second-order valence-electron chi connectivity index (χ2n) is 8.13. The Hall–Kier alpha value is -2.79.